The Bertz CT molecular complexity index is 80.1. The predicted molar refractivity (Wildman–Crippen MR) is 52.5 cm³/mol. The van der Waals surface area contributed by atoms with Crippen LogP contribution in [-0.2, 0) is 0 Å². The minimum atomic E-state index is 0.511. The first-order valence-corrected chi connectivity index (χ1v) is 4.57. The number of nitrogens with one attached hydrogen (secondary N) is 1. The highest BCUT2D eigenvalue weighted by atomic mass is 31.0. The number of nitrogens with zero attached hydrogens (tertiary/aromatic N) is 1. The summed E-state index contributed by atoms with van der Waals surface area (Å²) in [5.74, 6) is 0.511. The molecule has 0 heterocycles. The molecule has 0 amide bonds. The molecule has 0 aromatic carbocycles. The highest BCUT2D eigenvalue weighted by Gasteiger charge is 1.99. The smallest absolute Gasteiger partial charge is 0.206 e. The summed E-state index contributed by atoms with van der Waals surface area (Å²) in [4.78, 5) is 2.11. The SMILES string of the molecule is BN(NCCCC)C(C)P. The van der Waals surface area contributed by atoms with Crippen molar-refractivity contribution < 1.29 is 0 Å². The van der Waals surface area contributed by atoms with Crippen LogP contribution in [0.3, 0.4) is 0 Å². The zero-order valence-corrected chi connectivity index (χ0v) is 8.38. The molecule has 0 aliphatic rings. The molecular formula is C6H18BN2P. The van der Waals surface area contributed by atoms with Crippen LogP contribution in [0, 0.1) is 0 Å². The topological polar surface area (TPSA) is 15.3 Å². The Hall–Kier alpha value is 0.415. The minimum absolute atomic E-state index is 0.511. The first kappa shape index (κ1) is 10.4. The normalized spacial score (nSPS) is 14.0. The molecule has 0 saturated heterocycles. The van der Waals surface area contributed by atoms with E-state index in [4.69, 9.17) is 0 Å². The minimum Gasteiger partial charge on any atom is -0.286 e. The molecule has 0 fully saturated rings. The second-order valence-corrected chi connectivity index (χ2v) is 3.58. The lowest BCUT2D eigenvalue weighted by Crippen LogP contribution is -2.39. The van der Waals surface area contributed by atoms with Crippen molar-refractivity contribution in [3.8, 4) is 0 Å². The first-order valence-electron chi connectivity index (χ1n) is 3.90. The molecule has 10 heavy (non-hydrogen) atoms. The van der Waals surface area contributed by atoms with Gasteiger partial charge in [-0.05, 0) is 13.3 Å². The van der Waals surface area contributed by atoms with Gasteiger partial charge in [-0.3, -0.25) is 10.3 Å². The third-order valence-corrected chi connectivity index (χ3v) is 1.95. The number of rotatable bonds is 5. The largest absolute Gasteiger partial charge is 0.286 e. The van der Waals surface area contributed by atoms with Crippen molar-refractivity contribution >= 4 is 17.2 Å². The third kappa shape index (κ3) is 5.22. The highest BCUT2D eigenvalue weighted by Crippen LogP contribution is 1.98. The Kier molecular flexibility index (Phi) is 6.40. The monoisotopic (exact) mass is 160 g/mol. The van der Waals surface area contributed by atoms with Gasteiger partial charge < -0.3 is 0 Å². The molecule has 1 N–H and O–H groups in total. The van der Waals surface area contributed by atoms with Crippen LogP contribution in [0.2, 0.25) is 0 Å². The summed E-state index contributed by atoms with van der Waals surface area (Å²) in [6.45, 7) is 5.43. The van der Waals surface area contributed by atoms with Crippen LogP contribution in [0.1, 0.15) is 26.7 Å². The third-order valence-electron chi connectivity index (χ3n) is 1.50. The molecule has 0 aliphatic heterocycles. The fourth-order valence-electron chi connectivity index (χ4n) is 0.576. The summed E-state index contributed by atoms with van der Waals surface area (Å²) < 4.78 is 0. The van der Waals surface area contributed by atoms with E-state index in [9.17, 15) is 0 Å². The quantitative estimate of drug-likeness (QED) is 0.270. The van der Waals surface area contributed by atoms with Crippen LogP contribution in [0.4, 0.5) is 0 Å². The fourth-order valence-corrected chi connectivity index (χ4v) is 0.682. The van der Waals surface area contributed by atoms with Gasteiger partial charge in [-0.1, -0.05) is 13.3 Å². The molecule has 4 heteroatoms. The molecular weight excluding hydrogens is 142 g/mol. The van der Waals surface area contributed by atoms with Gasteiger partial charge in [0.1, 0.15) is 0 Å². The van der Waals surface area contributed by atoms with Gasteiger partial charge >= 0.3 is 0 Å². The zero-order valence-electron chi connectivity index (χ0n) is 7.22. The van der Waals surface area contributed by atoms with Crippen molar-refractivity contribution in [3.05, 3.63) is 0 Å². The van der Waals surface area contributed by atoms with Gasteiger partial charge in [0, 0.05) is 12.3 Å². The molecule has 2 atom stereocenters. The Morgan fingerprint density at radius 1 is 1.70 bits per heavy atom. The van der Waals surface area contributed by atoms with E-state index in [0.717, 1.165) is 6.54 Å². The maximum Gasteiger partial charge on any atom is 0.206 e. The Morgan fingerprint density at radius 3 is 2.70 bits per heavy atom. The van der Waals surface area contributed by atoms with E-state index in [1.807, 2.05) is 0 Å². The zero-order chi connectivity index (χ0) is 7.98. The van der Waals surface area contributed by atoms with Crippen molar-refractivity contribution in [2.75, 3.05) is 6.54 Å². The van der Waals surface area contributed by atoms with E-state index in [2.05, 4.69) is 41.4 Å². The van der Waals surface area contributed by atoms with Gasteiger partial charge in [0.2, 0.25) is 7.98 Å². The number of hydrogen-bond acceptors (Lipinski definition) is 2. The van der Waals surface area contributed by atoms with Gasteiger partial charge in [-0.2, -0.15) is 0 Å². The average Bonchev–Trinajstić information content (AvgIpc) is 1.88. The van der Waals surface area contributed by atoms with E-state index >= 15 is 0 Å². The lowest BCUT2D eigenvalue weighted by Gasteiger charge is -2.22. The molecule has 0 radical (unpaired) electrons. The maximum absolute atomic E-state index is 3.30. The van der Waals surface area contributed by atoms with Gasteiger partial charge in [0.15, 0.2) is 0 Å². The standard InChI is InChI=1S/C6H18BN2P/c1-3-4-5-8-9(7)6(2)10/h6,8H,3-5,7,10H2,1-2H3. The molecule has 0 saturated carbocycles. The Balaban J connectivity index is 3.13. The van der Waals surface area contributed by atoms with Crippen molar-refractivity contribution in [1.82, 2.24) is 10.3 Å². The predicted octanol–water partition coefficient (Wildman–Crippen LogP) is 0.362. The maximum atomic E-state index is 3.30. The van der Waals surface area contributed by atoms with Gasteiger partial charge in [0.05, 0.1) is 0 Å². The number of hydrazine groups is 1. The summed E-state index contributed by atoms with van der Waals surface area (Å²) >= 11 is 0. The van der Waals surface area contributed by atoms with E-state index in [1.165, 1.54) is 12.8 Å². The molecule has 0 aliphatic carbocycles. The summed E-state index contributed by atoms with van der Waals surface area (Å²) in [6, 6.07) is 0. The highest BCUT2D eigenvalue weighted by molar-refractivity contribution is 7.17. The fraction of sp³-hybridized carbons (Fsp3) is 1.00. The van der Waals surface area contributed by atoms with Crippen molar-refractivity contribution in [2.24, 2.45) is 0 Å². The van der Waals surface area contributed by atoms with Gasteiger partial charge in [-0.25, -0.2) is 0 Å². The molecule has 0 spiro atoms. The Morgan fingerprint density at radius 2 is 2.30 bits per heavy atom. The van der Waals surface area contributed by atoms with Crippen LogP contribution in [-0.4, -0.2) is 25.2 Å². The molecule has 60 valence electrons. The number of hydrogen-bond donors (Lipinski definition) is 1. The molecule has 0 aromatic heterocycles. The molecule has 0 bridgehead atoms. The van der Waals surface area contributed by atoms with Crippen LogP contribution >= 0.6 is 9.24 Å². The van der Waals surface area contributed by atoms with Crippen LogP contribution in [0.5, 0.6) is 0 Å². The summed E-state index contributed by atoms with van der Waals surface area (Å²) in [5.41, 5.74) is 3.30. The molecule has 0 aromatic rings. The van der Waals surface area contributed by atoms with E-state index in [0.29, 0.717) is 5.78 Å². The van der Waals surface area contributed by atoms with Crippen molar-refractivity contribution in [3.63, 3.8) is 0 Å². The van der Waals surface area contributed by atoms with Crippen LogP contribution < -0.4 is 5.43 Å². The second-order valence-electron chi connectivity index (χ2n) is 2.61. The second kappa shape index (κ2) is 6.15. The Labute approximate surface area is 67.3 Å². The van der Waals surface area contributed by atoms with E-state index in [-0.39, 0.29) is 0 Å². The van der Waals surface area contributed by atoms with E-state index < -0.39 is 0 Å². The first-order chi connectivity index (χ1) is 4.68. The molecule has 2 nitrogen and oxygen atoms in total. The number of unbranched alkanes of at least 4 members (excludes halogenated alkanes) is 1. The van der Waals surface area contributed by atoms with Crippen molar-refractivity contribution in [1.29, 1.82) is 0 Å². The summed E-state index contributed by atoms with van der Waals surface area (Å²) in [6.07, 6.45) is 2.51. The lowest BCUT2D eigenvalue weighted by molar-refractivity contribution is 0.326. The lowest BCUT2D eigenvalue weighted by atomic mass is 10.3. The van der Waals surface area contributed by atoms with E-state index in [1.54, 1.807) is 0 Å². The van der Waals surface area contributed by atoms with Crippen LogP contribution in [0.25, 0.3) is 0 Å². The van der Waals surface area contributed by atoms with Crippen LogP contribution in [0.15, 0.2) is 0 Å². The van der Waals surface area contributed by atoms with Gasteiger partial charge in [-0.15, -0.1) is 9.24 Å². The van der Waals surface area contributed by atoms with Crippen molar-refractivity contribution in [2.45, 2.75) is 32.5 Å². The summed E-state index contributed by atoms with van der Waals surface area (Å²) in [7, 11) is 4.81. The van der Waals surface area contributed by atoms with Gasteiger partial charge in [0.25, 0.3) is 0 Å². The molecule has 0 rings (SSSR count). The molecule has 2 unspecified atom stereocenters. The summed E-state index contributed by atoms with van der Waals surface area (Å²) in [5, 5.41) is 0. The average molecular weight is 160 g/mol.